The van der Waals surface area contributed by atoms with Gasteiger partial charge in [0, 0.05) is 41.1 Å². The molecule has 0 spiro atoms. The van der Waals surface area contributed by atoms with E-state index in [2.05, 4.69) is 16.6 Å². The second kappa shape index (κ2) is 8.88. The number of amides is 1. The van der Waals surface area contributed by atoms with Crippen molar-refractivity contribution >= 4 is 23.2 Å². The number of benzene rings is 1. The molecule has 1 aliphatic rings. The first-order valence-corrected chi connectivity index (χ1v) is 11.5. The largest absolute Gasteiger partial charge is 0.495 e. The maximum absolute atomic E-state index is 13.4. The summed E-state index contributed by atoms with van der Waals surface area (Å²) in [5.41, 5.74) is 3.42. The molecule has 2 aromatic heterocycles. The van der Waals surface area contributed by atoms with Crippen molar-refractivity contribution in [3.05, 3.63) is 45.8 Å². The molecule has 34 heavy (non-hydrogen) atoms. The van der Waals surface area contributed by atoms with Gasteiger partial charge in [-0.15, -0.1) is 0 Å². The summed E-state index contributed by atoms with van der Waals surface area (Å²) in [6.07, 6.45) is 0. The minimum Gasteiger partial charge on any atom is -0.495 e. The van der Waals surface area contributed by atoms with Crippen LogP contribution in [0.25, 0.3) is 16.9 Å². The number of ether oxygens (including phenoxy) is 3. The maximum Gasteiger partial charge on any atom is 0.384 e. The quantitative estimate of drug-likeness (QED) is 0.419. The summed E-state index contributed by atoms with van der Waals surface area (Å²) >= 11 is 1.54. The Bertz CT molecular complexity index is 1320. The number of hydrogen-bond donors (Lipinski definition) is 0. The number of methoxy groups -OCH3 is 2. The molecule has 0 N–H and O–H groups in total. The normalized spacial score (nSPS) is 11.9. The minimum absolute atomic E-state index is 0.182. The van der Waals surface area contributed by atoms with Gasteiger partial charge in [0.05, 0.1) is 31.2 Å². The molecule has 4 rings (SSSR count). The first kappa shape index (κ1) is 23.4. The predicted molar refractivity (Wildman–Crippen MR) is 129 cm³/mol. The number of nitrogens with zero attached hydrogens (tertiary/aromatic N) is 3. The van der Waals surface area contributed by atoms with E-state index in [1.807, 2.05) is 37.6 Å². The fourth-order valence-corrected chi connectivity index (χ4v) is 4.13. The van der Waals surface area contributed by atoms with Crippen molar-refractivity contribution in [2.45, 2.75) is 32.9 Å². The second-order valence-corrected chi connectivity index (χ2v) is 9.46. The number of carbonyl (C=O) groups is 2. The zero-order chi connectivity index (χ0) is 24.6. The molecule has 0 saturated heterocycles. The summed E-state index contributed by atoms with van der Waals surface area (Å²) in [7, 11) is 4.56. The van der Waals surface area contributed by atoms with Crippen molar-refractivity contribution < 1.29 is 23.8 Å². The Hall–Kier alpha value is -3.77. The number of aromatic nitrogens is 2. The van der Waals surface area contributed by atoms with Crippen molar-refractivity contribution in [3.8, 4) is 40.3 Å². The van der Waals surface area contributed by atoms with Crippen molar-refractivity contribution in [2.24, 2.45) is 0 Å². The Morgan fingerprint density at radius 2 is 2.03 bits per heavy atom. The van der Waals surface area contributed by atoms with Gasteiger partial charge in [0.25, 0.3) is 5.91 Å². The monoisotopic (exact) mass is 479 g/mol. The van der Waals surface area contributed by atoms with Crippen LogP contribution in [0.1, 0.15) is 42.4 Å². The summed E-state index contributed by atoms with van der Waals surface area (Å²) in [4.78, 5) is 26.7. The van der Waals surface area contributed by atoms with Gasteiger partial charge in [-0.2, -0.15) is 16.4 Å². The fourth-order valence-electron chi connectivity index (χ4n) is 3.52. The molecule has 176 valence electrons. The van der Waals surface area contributed by atoms with Crippen LogP contribution in [-0.4, -0.2) is 53.4 Å². The first-order chi connectivity index (χ1) is 16.2. The molecule has 0 radical (unpaired) electrons. The van der Waals surface area contributed by atoms with Crippen LogP contribution in [-0.2, 0) is 16.1 Å². The Labute approximate surface area is 202 Å². The number of thiophene rings is 1. The van der Waals surface area contributed by atoms with Gasteiger partial charge in [-0.05, 0) is 38.3 Å². The van der Waals surface area contributed by atoms with Crippen LogP contribution in [0.5, 0.6) is 11.5 Å². The molecule has 3 heterocycles. The number of fused-ring (bicyclic) bond motifs is 3. The number of esters is 1. The lowest BCUT2D eigenvalue weighted by atomic mass is 9.98. The van der Waals surface area contributed by atoms with E-state index in [0.717, 1.165) is 11.4 Å². The highest BCUT2D eigenvalue weighted by Crippen LogP contribution is 2.43. The van der Waals surface area contributed by atoms with E-state index in [1.165, 1.54) is 25.6 Å². The Morgan fingerprint density at radius 1 is 1.26 bits per heavy atom. The molecular formula is C25H25N3O5S. The number of rotatable bonds is 3. The summed E-state index contributed by atoms with van der Waals surface area (Å²) < 4.78 is 17.9. The van der Waals surface area contributed by atoms with Crippen molar-refractivity contribution in [1.29, 1.82) is 0 Å². The molecule has 1 amide bonds. The SMILES string of the molecule is COC(=O)C#Cc1cc2c(cc1OC)OCc1c(C(=O)N(C)C(C)(C)C)nn(-c3ccsc3)c1-2. The molecule has 1 aromatic carbocycles. The fraction of sp³-hybridized carbons (Fsp3) is 0.320. The zero-order valence-electron chi connectivity index (χ0n) is 19.9. The summed E-state index contributed by atoms with van der Waals surface area (Å²) in [6, 6.07) is 5.46. The van der Waals surface area contributed by atoms with Gasteiger partial charge in [0.1, 0.15) is 18.1 Å². The predicted octanol–water partition coefficient (Wildman–Crippen LogP) is 3.90. The molecule has 8 nitrogen and oxygen atoms in total. The molecule has 0 aliphatic carbocycles. The molecule has 3 aromatic rings. The summed E-state index contributed by atoms with van der Waals surface area (Å²) in [5.74, 6) is 5.44. The maximum atomic E-state index is 13.4. The van der Waals surface area contributed by atoms with Crippen LogP contribution in [0.2, 0.25) is 0 Å². The molecule has 0 saturated carbocycles. The number of carbonyl (C=O) groups excluding carboxylic acids is 2. The van der Waals surface area contributed by atoms with E-state index < -0.39 is 5.97 Å². The highest BCUT2D eigenvalue weighted by Gasteiger charge is 2.34. The van der Waals surface area contributed by atoms with E-state index in [9.17, 15) is 9.59 Å². The third-order valence-electron chi connectivity index (χ3n) is 5.66. The lowest BCUT2D eigenvalue weighted by Gasteiger charge is -2.31. The van der Waals surface area contributed by atoms with Gasteiger partial charge in [0.2, 0.25) is 0 Å². The van der Waals surface area contributed by atoms with Gasteiger partial charge in [0.15, 0.2) is 5.69 Å². The standard InChI is InChI=1S/C25H25N3O5S/c1-25(2,3)27(4)24(30)22-18-13-33-20-12-19(31-5)15(7-8-21(29)32-6)11-17(20)23(18)28(26-22)16-9-10-34-14-16/h9-12,14H,13H2,1-6H3. The van der Waals surface area contributed by atoms with Gasteiger partial charge in [-0.25, -0.2) is 9.48 Å². The van der Waals surface area contributed by atoms with E-state index in [0.29, 0.717) is 33.9 Å². The lowest BCUT2D eigenvalue weighted by Crippen LogP contribution is -2.43. The Morgan fingerprint density at radius 3 is 2.65 bits per heavy atom. The van der Waals surface area contributed by atoms with Crippen LogP contribution in [0.4, 0.5) is 0 Å². The van der Waals surface area contributed by atoms with Gasteiger partial charge in [-0.3, -0.25) is 4.79 Å². The second-order valence-electron chi connectivity index (χ2n) is 8.68. The van der Waals surface area contributed by atoms with E-state index >= 15 is 0 Å². The highest BCUT2D eigenvalue weighted by atomic mass is 32.1. The molecule has 9 heteroatoms. The lowest BCUT2D eigenvalue weighted by molar-refractivity contribution is -0.133. The van der Waals surface area contributed by atoms with Crippen molar-refractivity contribution in [2.75, 3.05) is 21.3 Å². The van der Waals surface area contributed by atoms with E-state index in [-0.39, 0.29) is 18.1 Å². The molecule has 0 unspecified atom stereocenters. The van der Waals surface area contributed by atoms with Gasteiger partial charge in [-0.1, -0.05) is 5.92 Å². The smallest absolute Gasteiger partial charge is 0.384 e. The van der Waals surface area contributed by atoms with Crippen LogP contribution < -0.4 is 9.47 Å². The van der Waals surface area contributed by atoms with Crippen LogP contribution in [0.3, 0.4) is 0 Å². The van der Waals surface area contributed by atoms with Crippen LogP contribution >= 0.6 is 11.3 Å². The average molecular weight is 480 g/mol. The molecule has 0 bridgehead atoms. The molecular weight excluding hydrogens is 454 g/mol. The van der Waals surface area contributed by atoms with Gasteiger partial charge >= 0.3 is 5.97 Å². The summed E-state index contributed by atoms with van der Waals surface area (Å²) in [6.45, 7) is 6.09. The van der Waals surface area contributed by atoms with E-state index in [1.54, 1.807) is 28.8 Å². The molecule has 0 atom stereocenters. The molecule has 1 aliphatic heterocycles. The Balaban J connectivity index is 1.95. The number of hydrogen-bond acceptors (Lipinski definition) is 7. The van der Waals surface area contributed by atoms with Crippen LogP contribution in [0.15, 0.2) is 29.0 Å². The third kappa shape index (κ3) is 4.13. The third-order valence-corrected chi connectivity index (χ3v) is 6.33. The topological polar surface area (TPSA) is 82.9 Å². The van der Waals surface area contributed by atoms with Gasteiger partial charge < -0.3 is 19.1 Å². The summed E-state index contributed by atoms with van der Waals surface area (Å²) in [5, 5.41) is 8.65. The van der Waals surface area contributed by atoms with Crippen molar-refractivity contribution in [3.63, 3.8) is 0 Å². The Kier molecular flexibility index (Phi) is 6.11. The first-order valence-electron chi connectivity index (χ1n) is 10.5. The highest BCUT2D eigenvalue weighted by molar-refractivity contribution is 7.08. The van der Waals surface area contributed by atoms with Crippen LogP contribution in [0, 0.1) is 11.8 Å². The molecule has 0 fully saturated rings. The average Bonchev–Trinajstić information content (AvgIpc) is 3.48. The van der Waals surface area contributed by atoms with Crippen molar-refractivity contribution in [1.82, 2.24) is 14.7 Å². The zero-order valence-corrected chi connectivity index (χ0v) is 20.7. The minimum atomic E-state index is -0.655. The van der Waals surface area contributed by atoms with E-state index in [4.69, 9.17) is 14.6 Å².